The Bertz CT molecular complexity index is 478. The zero-order valence-electron chi connectivity index (χ0n) is 12.4. The third-order valence-corrected chi connectivity index (χ3v) is 3.54. The number of nitrogens with one attached hydrogen (secondary N) is 1. The predicted molar refractivity (Wildman–Crippen MR) is 78.4 cm³/mol. The fourth-order valence-electron chi connectivity index (χ4n) is 2.52. The number of hydrogen-bond donors (Lipinski definition) is 1. The molecule has 0 saturated carbocycles. The van der Waals surface area contributed by atoms with E-state index in [1.165, 1.54) is 0 Å². The third kappa shape index (κ3) is 5.13. The lowest BCUT2D eigenvalue weighted by atomic mass is 10.2. The summed E-state index contributed by atoms with van der Waals surface area (Å²) in [5.74, 6) is 0.240. The highest BCUT2D eigenvalue weighted by atomic mass is 16.2. The van der Waals surface area contributed by atoms with Crippen LogP contribution in [-0.2, 0) is 16.0 Å². The molecule has 2 heterocycles. The molecule has 1 fully saturated rings. The molecular weight excluding hydrogens is 268 g/mol. The molecule has 0 radical (unpaired) electrons. The smallest absolute Gasteiger partial charge is 0.222 e. The van der Waals surface area contributed by atoms with Gasteiger partial charge in [-0.3, -0.25) is 19.6 Å². The molecule has 1 aliphatic heterocycles. The molecule has 1 aromatic rings. The Morgan fingerprint density at radius 2 is 2.33 bits per heavy atom. The Kier molecular flexibility index (Phi) is 5.66. The Morgan fingerprint density at radius 1 is 1.48 bits per heavy atom. The second-order valence-electron chi connectivity index (χ2n) is 5.46. The van der Waals surface area contributed by atoms with Crippen LogP contribution in [0.5, 0.6) is 0 Å². The normalized spacial score (nSPS) is 16.0. The lowest BCUT2D eigenvalue weighted by Gasteiger charge is -2.16. The quantitative estimate of drug-likeness (QED) is 0.810. The minimum atomic E-state index is 0.0260. The van der Waals surface area contributed by atoms with Crippen LogP contribution in [0.1, 0.15) is 38.3 Å². The average Bonchev–Trinajstić information content (AvgIpc) is 2.85. The van der Waals surface area contributed by atoms with E-state index in [9.17, 15) is 9.59 Å². The molecule has 0 unspecified atom stereocenters. The van der Waals surface area contributed by atoms with Crippen molar-refractivity contribution in [2.45, 2.75) is 45.1 Å². The first-order valence-corrected chi connectivity index (χ1v) is 7.47. The van der Waals surface area contributed by atoms with E-state index in [0.29, 0.717) is 25.8 Å². The number of aromatic nitrogens is 2. The molecule has 1 aromatic heterocycles. The van der Waals surface area contributed by atoms with Crippen molar-refractivity contribution in [3.05, 3.63) is 24.3 Å². The van der Waals surface area contributed by atoms with Gasteiger partial charge in [-0.15, -0.1) is 0 Å². The largest absolute Gasteiger partial charge is 0.353 e. The molecule has 114 valence electrons. The summed E-state index contributed by atoms with van der Waals surface area (Å²) in [6, 6.07) is 0.0302. The van der Waals surface area contributed by atoms with Crippen molar-refractivity contribution in [3.8, 4) is 0 Å². The van der Waals surface area contributed by atoms with Crippen LogP contribution in [0.3, 0.4) is 0 Å². The number of hydrogen-bond acceptors (Lipinski definition) is 4. The van der Waals surface area contributed by atoms with Crippen LogP contribution in [0.15, 0.2) is 18.6 Å². The molecule has 2 rings (SSSR count). The van der Waals surface area contributed by atoms with Crippen molar-refractivity contribution < 1.29 is 9.59 Å². The molecule has 0 aromatic carbocycles. The fourth-order valence-corrected chi connectivity index (χ4v) is 2.52. The molecular formula is C15H22N4O2. The first kappa shape index (κ1) is 15.4. The first-order valence-electron chi connectivity index (χ1n) is 7.47. The van der Waals surface area contributed by atoms with Gasteiger partial charge in [0.1, 0.15) is 0 Å². The van der Waals surface area contributed by atoms with Crippen LogP contribution in [0, 0.1) is 0 Å². The van der Waals surface area contributed by atoms with Crippen molar-refractivity contribution in [2.75, 3.05) is 13.1 Å². The summed E-state index contributed by atoms with van der Waals surface area (Å²) in [5, 5.41) is 2.95. The lowest BCUT2D eigenvalue weighted by Crippen LogP contribution is -2.35. The Labute approximate surface area is 125 Å². The van der Waals surface area contributed by atoms with Gasteiger partial charge < -0.3 is 10.2 Å². The van der Waals surface area contributed by atoms with Crippen molar-refractivity contribution in [1.29, 1.82) is 0 Å². The SMILES string of the molecule is C[C@@H](Cc1cnccn1)NC(=O)CCCN1CCCC1=O. The number of rotatable bonds is 7. The zero-order valence-corrected chi connectivity index (χ0v) is 12.4. The maximum Gasteiger partial charge on any atom is 0.222 e. The summed E-state index contributed by atoms with van der Waals surface area (Å²) >= 11 is 0. The van der Waals surface area contributed by atoms with Gasteiger partial charge in [0.25, 0.3) is 0 Å². The van der Waals surface area contributed by atoms with E-state index < -0.39 is 0 Å². The number of likely N-dealkylation sites (tertiary alicyclic amines) is 1. The summed E-state index contributed by atoms with van der Waals surface area (Å²) in [6.45, 7) is 3.48. The summed E-state index contributed by atoms with van der Waals surface area (Å²) in [5.41, 5.74) is 0.868. The molecule has 6 nitrogen and oxygen atoms in total. The van der Waals surface area contributed by atoms with Gasteiger partial charge in [-0.1, -0.05) is 0 Å². The minimum Gasteiger partial charge on any atom is -0.353 e. The minimum absolute atomic E-state index is 0.0260. The van der Waals surface area contributed by atoms with E-state index in [-0.39, 0.29) is 17.9 Å². The maximum absolute atomic E-state index is 11.8. The van der Waals surface area contributed by atoms with Gasteiger partial charge >= 0.3 is 0 Å². The fraction of sp³-hybridized carbons (Fsp3) is 0.600. The number of amides is 2. The van der Waals surface area contributed by atoms with Gasteiger partial charge in [0.2, 0.25) is 11.8 Å². The Balaban J connectivity index is 1.63. The van der Waals surface area contributed by atoms with Crippen LogP contribution < -0.4 is 5.32 Å². The first-order chi connectivity index (χ1) is 10.1. The standard InChI is InChI=1S/C15H22N4O2/c1-12(10-13-11-16-6-7-17-13)18-14(20)4-2-8-19-9-3-5-15(19)21/h6-7,11-12H,2-5,8-10H2,1H3,(H,18,20)/t12-/m0/s1. The number of carbonyl (C=O) groups is 2. The molecule has 21 heavy (non-hydrogen) atoms. The van der Waals surface area contributed by atoms with E-state index in [4.69, 9.17) is 0 Å². The van der Waals surface area contributed by atoms with Crippen LogP contribution in [0.4, 0.5) is 0 Å². The lowest BCUT2D eigenvalue weighted by molar-refractivity contribution is -0.128. The van der Waals surface area contributed by atoms with Crippen molar-refractivity contribution in [2.24, 2.45) is 0 Å². The third-order valence-electron chi connectivity index (χ3n) is 3.54. The Hall–Kier alpha value is -1.98. The van der Waals surface area contributed by atoms with Gasteiger partial charge in [-0.2, -0.15) is 0 Å². The van der Waals surface area contributed by atoms with Crippen molar-refractivity contribution in [1.82, 2.24) is 20.2 Å². The molecule has 0 aliphatic carbocycles. The highest BCUT2D eigenvalue weighted by Gasteiger charge is 2.19. The van der Waals surface area contributed by atoms with E-state index in [1.54, 1.807) is 18.6 Å². The van der Waals surface area contributed by atoms with Crippen LogP contribution in [0.25, 0.3) is 0 Å². The molecule has 1 N–H and O–H groups in total. The van der Waals surface area contributed by atoms with Gasteiger partial charge in [-0.25, -0.2) is 0 Å². The topological polar surface area (TPSA) is 75.2 Å². The molecule has 1 atom stereocenters. The van der Waals surface area contributed by atoms with Crippen LogP contribution in [-0.4, -0.2) is 45.8 Å². The molecule has 0 bridgehead atoms. The monoisotopic (exact) mass is 290 g/mol. The predicted octanol–water partition coefficient (Wildman–Crippen LogP) is 0.926. The molecule has 0 spiro atoms. The zero-order chi connectivity index (χ0) is 15.1. The molecule has 1 saturated heterocycles. The van der Waals surface area contributed by atoms with E-state index in [1.807, 2.05) is 11.8 Å². The molecule has 2 amide bonds. The van der Waals surface area contributed by atoms with Gasteiger partial charge in [0.05, 0.1) is 5.69 Å². The summed E-state index contributed by atoms with van der Waals surface area (Å²) in [7, 11) is 0. The van der Waals surface area contributed by atoms with Crippen LogP contribution >= 0.6 is 0 Å². The van der Waals surface area contributed by atoms with Gasteiger partial charge in [-0.05, 0) is 19.8 Å². The molecule has 6 heteroatoms. The van der Waals surface area contributed by atoms with Crippen LogP contribution in [0.2, 0.25) is 0 Å². The maximum atomic E-state index is 11.8. The van der Waals surface area contributed by atoms with E-state index in [0.717, 1.165) is 25.1 Å². The van der Waals surface area contributed by atoms with Gasteiger partial charge in [0.15, 0.2) is 0 Å². The van der Waals surface area contributed by atoms with Crippen molar-refractivity contribution >= 4 is 11.8 Å². The summed E-state index contributed by atoms with van der Waals surface area (Å²) in [6.07, 6.45) is 8.43. The summed E-state index contributed by atoms with van der Waals surface area (Å²) in [4.78, 5) is 33.3. The molecule has 1 aliphatic rings. The van der Waals surface area contributed by atoms with E-state index in [2.05, 4.69) is 15.3 Å². The van der Waals surface area contributed by atoms with E-state index >= 15 is 0 Å². The summed E-state index contributed by atoms with van der Waals surface area (Å²) < 4.78 is 0. The van der Waals surface area contributed by atoms with Gasteiger partial charge in [0, 0.05) is 57.0 Å². The Morgan fingerprint density at radius 3 is 3.00 bits per heavy atom. The highest BCUT2D eigenvalue weighted by molar-refractivity contribution is 5.78. The highest BCUT2D eigenvalue weighted by Crippen LogP contribution is 2.10. The number of nitrogens with zero attached hydrogens (tertiary/aromatic N) is 3. The van der Waals surface area contributed by atoms with Crippen molar-refractivity contribution in [3.63, 3.8) is 0 Å². The number of carbonyl (C=O) groups excluding carboxylic acids is 2. The second-order valence-corrected chi connectivity index (χ2v) is 5.46. The second kappa shape index (κ2) is 7.71. The average molecular weight is 290 g/mol.